The molecule has 0 unspecified atom stereocenters. The molecule has 2 aromatic rings. The van der Waals surface area contributed by atoms with Crippen LogP contribution in [0.1, 0.15) is 21.1 Å². The van der Waals surface area contributed by atoms with Gasteiger partial charge in [0.25, 0.3) is 5.91 Å². The van der Waals surface area contributed by atoms with Crippen LogP contribution < -0.4 is 5.32 Å². The third kappa shape index (κ3) is 2.76. The number of rotatable bonds is 3. The van der Waals surface area contributed by atoms with Crippen LogP contribution in [0.3, 0.4) is 0 Å². The van der Waals surface area contributed by atoms with Gasteiger partial charge in [0.05, 0.1) is 17.7 Å². The van der Waals surface area contributed by atoms with Gasteiger partial charge in [-0.3, -0.25) is 4.79 Å². The Labute approximate surface area is 112 Å². The Morgan fingerprint density at radius 3 is 2.94 bits per heavy atom. The zero-order valence-corrected chi connectivity index (χ0v) is 11.9. The highest BCUT2D eigenvalue weighted by molar-refractivity contribution is 9.10. The Kier molecular flexibility index (Phi) is 3.63. The minimum atomic E-state index is -0.0778. The lowest BCUT2D eigenvalue weighted by molar-refractivity contribution is 0.0943. The van der Waals surface area contributed by atoms with Gasteiger partial charge in [-0.25, -0.2) is 4.98 Å². The number of aryl methyl sites for hydroxylation is 2. The van der Waals surface area contributed by atoms with Crippen molar-refractivity contribution in [3.63, 3.8) is 0 Å². The predicted octanol–water partition coefficient (Wildman–Crippen LogP) is 2.48. The molecule has 1 N–H and O–H groups in total. The van der Waals surface area contributed by atoms with Gasteiger partial charge in [-0.15, -0.1) is 11.3 Å². The average molecular weight is 314 g/mol. The van der Waals surface area contributed by atoms with Gasteiger partial charge in [0, 0.05) is 22.6 Å². The lowest BCUT2D eigenvalue weighted by Crippen LogP contribution is -2.24. The summed E-state index contributed by atoms with van der Waals surface area (Å²) in [6.07, 6.45) is 1.85. The Morgan fingerprint density at radius 1 is 1.65 bits per heavy atom. The molecular formula is C11H12BrN3OS. The summed E-state index contributed by atoms with van der Waals surface area (Å²) >= 11 is 4.90. The Bertz CT molecular complexity index is 547. The number of carbonyl (C=O) groups is 1. The quantitative estimate of drug-likeness (QED) is 0.946. The van der Waals surface area contributed by atoms with Crippen LogP contribution in [0.25, 0.3) is 0 Å². The molecule has 4 nitrogen and oxygen atoms in total. The molecule has 0 atom stereocenters. The van der Waals surface area contributed by atoms with Gasteiger partial charge in [-0.1, -0.05) is 0 Å². The molecule has 2 rings (SSSR count). The lowest BCUT2D eigenvalue weighted by atomic mass is 10.3. The molecule has 2 aromatic heterocycles. The monoisotopic (exact) mass is 313 g/mol. The van der Waals surface area contributed by atoms with Crippen LogP contribution in [0.2, 0.25) is 0 Å². The number of aromatic nitrogens is 2. The molecule has 0 saturated heterocycles. The minimum absolute atomic E-state index is 0.0778. The molecule has 0 radical (unpaired) electrons. The van der Waals surface area contributed by atoms with Crippen molar-refractivity contribution in [1.29, 1.82) is 0 Å². The fraction of sp³-hybridized carbons (Fsp3) is 0.273. The average Bonchev–Trinajstić information content (AvgIpc) is 2.81. The van der Waals surface area contributed by atoms with Gasteiger partial charge >= 0.3 is 0 Å². The standard InChI is InChI=1S/C11H12BrN3OS/c1-7-10(17-6-14-7)4-13-11(16)9-3-8(12)5-15(9)2/h3,5-6H,4H2,1-2H3,(H,13,16). The number of hydrogen-bond acceptors (Lipinski definition) is 3. The first-order valence-corrected chi connectivity index (χ1v) is 6.74. The Balaban J connectivity index is 2.03. The fourth-order valence-electron chi connectivity index (χ4n) is 1.50. The van der Waals surface area contributed by atoms with E-state index in [0.29, 0.717) is 12.2 Å². The van der Waals surface area contributed by atoms with Gasteiger partial charge in [0.1, 0.15) is 5.69 Å². The van der Waals surface area contributed by atoms with E-state index in [0.717, 1.165) is 15.0 Å². The van der Waals surface area contributed by atoms with Crippen LogP contribution in [-0.2, 0) is 13.6 Å². The summed E-state index contributed by atoms with van der Waals surface area (Å²) in [6.45, 7) is 2.47. The summed E-state index contributed by atoms with van der Waals surface area (Å²) in [5.41, 5.74) is 3.40. The van der Waals surface area contributed by atoms with Crippen molar-refractivity contribution in [2.45, 2.75) is 13.5 Å². The van der Waals surface area contributed by atoms with Crippen LogP contribution in [0.15, 0.2) is 22.2 Å². The highest BCUT2D eigenvalue weighted by Gasteiger charge is 2.11. The van der Waals surface area contributed by atoms with Crippen molar-refractivity contribution < 1.29 is 4.79 Å². The molecule has 6 heteroatoms. The second kappa shape index (κ2) is 5.01. The number of hydrogen-bond donors (Lipinski definition) is 1. The van der Waals surface area contributed by atoms with Crippen LogP contribution >= 0.6 is 27.3 Å². The van der Waals surface area contributed by atoms with E-state index in [1.807, 2.05) is 20.2 Å². The fourth-order valence-corrected chi connectivity index (χ4v) is 2.74. The molecule has 0 aliphatic carbocycles. The van der Waals surface area contributed by atoms with Gasteiger partial charge in [-0.05, 0) is 28.9 Å². The molecule has 90 valence electrons. The molecular weight excluding hydrogens is 302 g/mol. The van der Waals surface area contributed by atoms with E-state index in [4.69, 9.17) is 0 Å². The molecule has 0 bridgehead atoms. The van der Waals surface area contributed by atoms with E-state index in [9.17, 15) is 4.79 Å². The molecule has 0 aliphatic rings. The zero-order chi connectivity index (χ0) is 12.4. The third-order valence-electron chi connectivity index (χ3n) is 2.46. The SMILES string of the molecule is Cc1ncsc1CNC(=O)c1cc(Br)cn1C. The Morgan fingerprint density at radius 2 is 2.41 bits per heavy atom. The van der Waals surface area contributed by atoms with Crippen LogP contribution in [-0.4, -0.2) is 15.5 Å². The number of thiazole rings is 1. The summed E-state index contributed by atoms with van der Waals surface area (Å²) in [5, 5.41) is 2.89. The van der Waals surface area contributed by atoms with Gasteiger partial charge in [0.15, 0.2) is 0 Å². The molecule has 0 saturated carbocycles. The summed E-state index contributed by atoms with van der Waals surface area (Å²) in [7, 11) is 1.84. The molecule has 17 heavy (non-hydrogen) atoms. The molecule has 1 amide bonds. The first-order chi connectivity index (χ1) is 8.08. The van der Waals surface area contributed by atoms with Crippen molar-refractivity contribution in [3.8, 4) is 0 Å². The summed E-state index contributed by atoms with van der Waals surface area (Å²) < 4.78 is 2.69. The highest BCUT2D eigenvalue weighted by Crippen LogP contribution is 2.15. The molecule has 0 aliphatic heterocycles. The maximum Gasteiger partial charge on any atom is 0.268 e. The molecule has 0 aromatic carbocycles. The normalized spacial score (nSPS) is 10.5. The van der Waals surface area contributed by atoms with E-state index in [-0.39, 0.29) is 5.91 Å². The van der Waals surface area contributed by atoms with Crippen molar-refractivity contribution in [3.05, 3.63) is 38.5 Å². The van der Waals surface area contributed by atoms with Crippen LogP contribution in [0.4, 0.5) is 0 Å². The summed E-state index contributed by atoms with van der Waals surface area (Å²) in [6, 6.07) is 1.80. The first-order valence-electron chi connectivity index (χ1n) is 5.07. The van der Waals surface area contributed by atoms with Crippen LogP contribution in [0.5, 0.6) is 0 Å². The first kappa shape index (κ1) is 12.3. The molecule has 2 heterocycles. The largest absolute Gasteiger partial charge is 0.346 e. The summed E-state index contributed by atoms with van der Waals surface area (Å²) in [5.74, 6) is -0.0778. The smallest absolute Gasteiger partial charge is 0.268 e. The van der Waals surface area contributed by atoms with E-state index in [1.165, 1.54) is 0 Å². The maximum absolute atomic E-state index is 11.9. The lowest BCUT2D eigenvalue weighted by Gasteiger charge is -2.04. The predicted molar refractivity (Wildman–Crippen MR) is 71.1 cm³/mol. The topological polar surface area (TPSA) is 46.9 Å². The van der Waals surface area contributed by atoms with Crippen molar-refractivity contribution in [2.75, 3.05) is 0 Å². The number of halogens is 1. The van der Waals surface area contributed by atoms with Crippen molar-refractivity contribution in [2.24, 2.45) is 7.05 Å². The number of nitrogens with one attached hydrogen (secondary N) is 1. The van der Waals surface area contributed by atoms with Gasteiger partial charge < -0.3 is 9.88 Å². The van der Waals surface area contributed by atoms with Crippen molar-refractivity contribution in [1.82, 2.24) is 14.9 Å². The van der Waals surface area contributed by atoms with E-state index in [1.54, 1.807) is 27.5 Å². The molecule has 0 fully saturated rings. The highest BCUT2D eigenvalue weighted by atomic mass is 79.9. The number of carbonyl (C=O) groups excluding carboxylic acids is 1. The second-order valence-electron chi connectivity index (χ2n) is 3.70. The van der Waals surface area contributed by atoms with Crippen LogP contribution in [0, 0.1) is 6.92 Å². The second-order valence-corrected chi connectivity index (χ2v) is 5.55. The Hall–Kier alpha value is -1.14. The molecule has 0 spiro atoms. The van der Waals surface area contributed by atoms with E-state index < -0.39 is 0 Å². The number of amides is 1. The van der Waals surface area contributed by atoms with Gasteiger partial charge in [-0.2, -0.15) is 0 Å². The maximum atomic E-state index is 11.9. The minimum Gasteiger partial charge on any atom is -0.346 e. The summed E-state index contributed by atoms with van der Waals surface area (Å²) in [4.78, 5) is 17.1. The van der Waals surface area contributed by atoms with E-state index in [2.05, 4.69) is 26.2 Å². The third-order valence-corrected chi connectivity index (χ3v) is 3.83. The zero-order valence-electron chi connectivity index (χ0n) is 9.53. The number of nitrogens with zero attached hydrogens (tertiary/aromatic N) is 2. The van der Waals surface area contributed by atoms with Gasteiger partial charge in [0.2, 0.25) is 0 Å². The van der Waals surface area contributed by atoms with Crippen molar-refractivity contribution >= 4 is 33.2 Å². The van der Waals surface area contributed by atoms with E-state index >= 15 is 0 Å².